The number of aryl methyl sites for hydroxylation is 2. The summed E-state index contributed by atoms with van der Waals surface area (Å²) in [4.78, 5) is 10.1. The first kappa shape index (κ1) is 19.6. The zero-order valence-corrected chi connectivity index (χ0v) is 14.6. The lowest BCUT2D eigenvalue weighted by Gasteiger charge is -2.07. The fourth-order valence-corrected chi connectivity index (χ4v) is 2.27. The molecule has 6 heteroatoms. The van der Waals surface area contributed by atoms with Gasteiger partial charge in [0.05, 0.1) is 4.92 Å². The maximum Gasteiger partial charge on any atom is 0.270 e. The van der Waals surface area contributed by atoms with Crippen LogP contribution in [0.5, 0.6) is 0 Å². The highest BCUT2D eigenvalue weighted by Crippen LogP contribution is 2.20. The largest absolute Gasteiger partial charge is 0.399 e. The summed E-state index contributed by atoms with van der Waals surface area (Å²) in [5.74, 6) is 0. The SMILES string of the molecule is Cc1cc(N)cc([C@@H](C)N)c1.Cc1cc([C@@H](C)N)cc([N+](=O)[O-])c1. The van der Waals surface area contributed by atoms with Crippen LogP contribution in [0.4, 0.5) is 11.4 Å². The lowest BCUT2D eigenvalue weighted by molar-refractivity contribution is -0.385. The number of anilines is 1. The number of hydrogen-bond acceptors (Lipinski definition) is 5. The van der Waals surface area contributed by atoms with Crippen molar-refractivity contribution < 1.29 is 4.92 Å². The van der Waals surface area contributed by atoms with E-state index in [-0.39, 0.29) is 17.8 Å². The van der Waals surface area contributed by atoms with E-state index in [1.807, 2.05) is 39.0 Å². The van der Waals surface area contributed by atoms with Gasteiger partial charge in [-0.15, -0.1) is 0 Å². The van der Waals surface area contributed by atoms with Crippen molar-refractivity contribution in [1.29, 1.82) is 0 Å². The van der Waals surface area contributed by atoms with Crippen molar-refractivity contribution in [1.82, 2.24) is 0 Å². The van der Waals surface area contributed by atoms with Crippen LogP contribution in [-0.2, 0) is 0 Å². The molecule has 0 aliphatic rings. The Kier molecular flexibility index (Phi) is 6.88. The zero-order chi connectivity index (χ0) is 18.4. The van der Waals surface area contributed by atoms with E-state index in [0.717, 1.165) is 27.9 Å². The van der Waals surface area contributed by atoms with Crippen LogP contribution in [0, 0.1) is 24.0 Å². The van der Waals surface area contributed by atoms with E-state index in [1.54, 1.807) is 6.92 Å². The Hall–Kier alpha value is -2.44. The second kappa shape index (κ2) is 8.42. The van der Waals surface area contributed by atoms with Gasteiger partial charge in [0.2, 0.25) is 0 Å². The van der Waals surface area contributed by atoms with Gasteiger partial charge >= 0.3 is 0 Å². The Morgan fingerprint density at radius 3 is 1.75 bits per heavy atom. The minimum absolute atomic E-state index is 0.0669. The number of nitrogens with zero attached hydrogens (tertiary/aromatic N) is 1. The highest BCUT2D eigenvalue weighted by molar-refractivity contribution is 5.45. The Morgan fingerprint density at radius 1 is 0.875 bits per heavy atom. The average molecular weight is 330 g/mol. The summed E-state index contributed by atoms with van der Waals surface area (Å²) in [6.07, 6.45) is 0. The van der Waals surface area contributed by atoms with Crippen LogP contribution < -0.4 is 17.2 Å². The van der Waals surface area contributed by atoms with Crippen LogP contribution in [0.2, 0.25) is 0 Å². The molecule has 24 heavy (non-hydrogen) atoms. The summed E-state index contributed by atoms with van der Waals surface area (Å²) in [5, 5.41) is 10.5. The van der Waals surface area contributed by atoms with Gasteiger partial charge in [-0.25, -0.2) is 0 Å². The standard InChI is InChI=1S/C9H12N2O2.C9H14N2/c1-6-3-8(7(2)10)5-9(4-6)11(12)13;1-6-3-8(7(2)10)5-9(11)4-6/h3-5,7H,10H2,1-2H3;3-5,7H,10-11H2,1-2H3/t2*7-/m11/s1. The third-order valence-electron chi connectivity index (χ3n) is 3.47. The summed E-state index contributed by atoms with van der Waals surface area (Å²) < 4.78 is 0. The molecular formula is C18H26N4O2. The van der Waals surface area contributed by atoms with Gasteiger partial charge in [0.1, 0.15) is 0 Å². The number of nitro benzene ring substituents is 1. The molecule has 0 saturated carbocycles. The van der Waals surface area contributed by atoms with Gasteiger partial charge in [-0.1, -0.05) is 12.1 Å². The van der Waals surface area contributed by atoms with Gasteiger partial charge in [-0.3, -0.25) is 10.1 Å². The predicted molar refractivity (Wildman–Crippen MR) is 98.6 cm³/mol. The first-order valence-corrected chi connectivity index (χ1v) is 7.74. The second-order valence-electron chi connectivity index (χ2n) is 6.11. The second-order valence-corrected chi connectivity index (χ2v) is 6.11. The van der Waals surface area contributed by atoms with Crippen molar-refractivity contribution in [2.45, 2.75) is 39.8 Å². The van der Waals surface area contributed by atoms with Gasteiger partial charge in [0.15, 0.2) is 0 Å². The van der Waals surface area contributed by atoms with Gasteiger partial charge in [-0.05, 0) is 62.1 Å². The Balaban J connectivity index is 0.000000243. The number of hydrogen-bond donors (Lipinski definition) is 3. The fourth-order valence-electron chi connectivity index (χ4n) is 2.27. The molecule has 0 fully saturated rings. The monoisotopic (exact) mass is 330 g/mol. The number of benzene rings is 2. The van der Waals surface area contributed by atoms with E-state index in [9.17, 15) is 10.1 Å². The molecule has 2 atom stereocenters. The van der Waals surface area contributed by atoms with E-state index < -0.39 is 4.92 Å². The number of nitrogen functional groups attached to an aromatic ring is 1. The summed E-state index contributed by atoms with van der Waals surface area (Å²) in [6.45, 7) is 7.59. The van der Waals surface area contributed by atoms with Crippen LogP contribution in [0.3, 0.4) is 0 Å². The van der Waals surface area contributed by atoms with E-state index in [1.165, 1.54) is 12.1 Å². The lowest BCUT2D eigenvalue weighted by Crippen LogP contribution is -2.05. The van der Waals surface area contributed by atoms with Crippen LogP contribution in [0.1, 0.15) is 48.2 Å². The Labute approximate surface area is 142 Å². The quantitative estimate of drug-likeness (QED) is 0.451. The first-order chi connectivity index (χ1) is 11.1. The number of nitrogens with two attached hydrogens (primary N) is 3. The molecule has 0 unspecified atom stereocenters. The topological polar surface area (TPSA) is 121 Å². The fraction of sp³-hybridized carbons (Fsp3) is 0.333. The molecule has 130 valence electrons. The van der Waals surface area contributed by atoms with E-state index in [2.05, 4.69) is 6.07 Å². The van der Waals surface area contributed by atoms with Gasteiger partial charge in [-0.2, -0.15) is 0 Å². The molecule has 6 nitrogen and oxygen atoms in total. The van der Waals surface area contributed by atoms with E-state index in [4.69, 9.17) is 17.2 Å². The molecule has 6 N–H and O–H groups in total. The van der Waals surface area contributed by atoms with Crippen LogP contribution in [0.25, 0.3) is 0 Å². The van der Waals surface area contributed by atoms with E-state index >= 15 is 0 Å². The normalized spacial score (nSPS) is 12.8. The molecule has 2 rings (SSSR count). The minimum Gasteiger partial charge on any atom is -0.399 e. The summed E-state index contributed by atoms with van der Waals surface area (Å²) in [7, 11) is 0. The smallest absolute Gasteiger partial charge is 0.270 e. The third kappa shape index (κ3) is 5.98. The molecule has 0 aliphatic carbocycles. The highest BCUT2D eigenvalue weighted by atomic mass is 16.6. The Morgan fingerprint density at radius 2 is 1.33 bits per heavy atom. The summed E-state index contributed by atoms with van der Waals surface area (Å²) >= 11 is 0. The molecule has 0 spiro atoms. The number of rotatable bonds is 3. The van der Waals surface area contributed by atoms with Crippen molar-refractivity contribution in [2.24, 2.45) is 11.5 Å². The van der Waals surface area contributed by atoms with Crippen molar-refractivity contribution in [3.8, 4) is 0 Å². The van der Waals surface area contributed by atoms with Crippen molar-refractivity contribution in [3.05, 3.63) is 68.8 Å². The van der Waals surface area contributed by atoms with Crippen molar-refractivity contribution in [2.75, 3.05) is 5.73 Å². The minimum atomic E-state index is -0.404. The Bertz CT molecular complexity index is 692. The van der Waals surface area contributed by atoms with Gasteiger partial charge in [0.25, 0.3) is 5.69 Å². The molecule has 0 aliphatic heterocycles. The highest BCUT2D eigenvalue weighted by Gasteiger charge is 2.09. The summed E-state index contributed by atoms with van der Waals surface area (Å²) in [6, 6.07) is 10.7. The van der Waals surface area contributed by atoms with Crippen LogP contribution in [0.15, 0.2) is 36.4 Å². The van der Waals surface area contributed by atoms with Crippen molar-refractivity contribution >= 4 is 11.4 Å². The van der Waals surface area contributed by atoms with Gasteiger partial charge < -0.3 is 17.2 Å². The molecule has 0 radical (unpaired) electrons. The third-order valence-corrected chi connectivity index (χ3v) is 3.47. The van der Waals surface area contributed by atoms with Crippen molar-refractivity contribution in [3.63, 3.8) is 0 Å². The number of nitro groups is 1. The van der Waals surface area contributed by atoms with Crippen LogP contribution in [-0.4, -0.2) is 4.92 Å². The molecule has 2 aromatic carbocycles. The molecule has 0 saturated heterocycles. The average Bonchev–Trinajstić information content (AvgIpc) is 2.46. The van der Waals surface area contributed by atoms with Crippen LogP contribution >= 0.6 is 0 Å². The molecular weight excluding hydrogens is 304 g/mol. The van der Waals surface area contributed by atoms with Gasteiger partial charge in [0, 0.05) is 29.9 Å². The molecule has 2 aromatic rings. The predicted octanol–water partition coefficient (Wildman–Crippen LogP) is 3.52. The maximum atomic E-state index is 10.5. The molecule has 0 bridgehead atoms. The lowest BCUT2D eigenvalue weighted by atomic mass is 10.1. The maximum absolute atomic E-state index is 10.5. The summed E-state index contributed by atoms with van der Waals surface area (Å²) in [5.41, 5.74) is 21.8. The van der Waals surface area contributed by atoms with E-state index in [0.29, 0.717) is 0 Å². The first-order valence-electron chi connectivity index (χ1n) is 7.74. The zero-order valence-electron chi connectivity index (χ0n) is 14.6. The molecule has 0 aromatic heterocycles. The molecule has 0 heterocycles. The molecule has 0 amide bonds. The number of non-ortho nitro benzene ring substituents is 1.